The van der Waals surface area contributed by atoms with Gasteiger partial charge in [-0.25, -0.2) is 4.98 Å². The van der Waals surface area contributed by atoms with Crippen molar-refractivity contribution in [3.8, 4) is 0 Å². The van der Waals surface area contributed by atoms with Crippen molar-refractivity contribution in [1.82, 2.24) is 4.98 Å². The topological polar surface area (TPSA) is 59.2 Å². The molecule has 80 valence electrons. The van der Waals surface area contributed by atoms with Crippen LogP contribution < -0.4 is 10.6 Å². The van der Waals surface area contributed by atoms with Crippen LogP contribution in [0.3, 0.4) is 0 Å². The second-order valence-electron chi connectivity index (χ2n) is 3.40. The molecule has 1 atom stereocenters. The van der Waals surface area contributed by atoms with E-state index in [1.165, 1.54) is 6.20 Å². The number of amides is 1. The van der Waals surface area contributed by atoms with E-state index in [0.717, 1.165) is 0 Å². The van der Waals surface area contributed by atoms with Crippen LogP contribution in [0.25, 0.3) is 0 Å². The number of thiol groups is 1. The first kappa shape index (κ1) is 10.6. The number of hydrogen-bond acceptors (Lipinski definition) is 4. The van der Waals surface area contributed by atoms with Crippen LogP contribution in [0, 0.1) is 0 Å². The molecule has 0 spiro atoms. The smallest absolute Gasteiger partial charge is 0.228 e. The Kier molecular flexibility index (Phi) is 2.75. The second kappa shape index (κ2) is 3.90. The minimum atomic E-state index is 0.0176. The third-order valence-electron chi connectivity index (χ3n) is 2.31. The van der Waals surface area contributed by atoms with E-state index in [2.05, 4.69) is 17.6 Å². The molecular weight excluding hydrogens is 234 g/mol. The Morgan fingerprint density at radius 3 is 3.00 bits per heavy atom. The van der Waals surface area contributed by atoms with Crippen molar-refractivity contribution in [1.29, 1.82) is 0 Å². The van der Waals surface area contributed by atoms with Gasteiger partial charge in [-0.3, -0.25) is 4.79 Å². The molecule has 1 amide bonds. The summed E-state index contributed by atoms with van der Waals surface area (Å²) in [5.41, 5.74) is 6.72. The maximum Gasteiger partial charge on any atom is 0.228 e. The first-order valence-corrected chi connectivity index (χ1v) is 5.37. The van der Waals surface area contributed by atoms with Gasteiger partial charge in [0.2, 0.25) is 5.91 Å². The molecule has 1 aliphatic heterocycles. The monoisotopic (exact) mass is 243 g/mol. The van der Waals surface area contributed by atoms with Crippen LogP contribution in [0.5, 0.6) is 0 Å². The molecule has 1 aromatic rings. The molecule has 6 heteroatoms. The van der Waals surface area contributed by atoms with Gasteiger partial charge in [-0.2, -0.15) is 12.6 Å². The Balaban J connectivity index is 2.38. The molecule has 0 aromatic carbocycles. The average Bonchev–Trinajstić information content (AvgIpc) is 2.50. The lowest BCUT2D eigenvalue weighted by Crippen LogP contribution is -2.25. The molecule has 15 heavy (non-hydrogen) atoms. The quantitative estimate of drug-likeness (QED) is 0.578. The SMILES string of the molecule is Nc1c(N2CC(S)CC2=O)ccnc1Cl. The second-order valence-corrected chi connectivity index (χ2v) is 4.49. The summed E-state index contributed by atoms with van der Waals surface area (Å²) in [6.07, 6.45) is 1.97. The molecule has 1 aliphatic rings. The molecule has 0 bridgehead atoms. The first-order valence-electron chi connectivity index (χ1n) is 4.48. The van der Waals surface area contributed by atoms with E-state index < -0.39 is 0 Å². The van der Waals surface area contributed by atoms with E-state index >= 15 is 0 Å². The minimum Gasteiger partial charge on any atom is -0.395 e. The number of aromatic nitrogens is 1. The highest BCUT2D eigenvalue weighted by Crippen LogP contribution is 2.31. The highest BCUT2D eigenvalue weighted by Gasteiger charge is 2.29. The number of hydrogen-bond donors (Lipinski definition) is 2. The Labute approximate surface area is 97.8 Å². The number of carbonyl (C=O) groups excluding carboxylic acids is 1. The molecule has 0 aliphatic carbocycles. The van der Waals surface area contributed by atoms with Gasteiger partial charge >= 0.3 is 0 Å². The zero-order valence-corrected chi connectivity index (χ0v) is 9.50. The lowest BCUT2D eigenvalue weighted by Gasteiger charge is -2.18. The van der Waals surface area contributed by atoms with E-state index in [9.17, 15) is 4.79 Å². The van der Waals surface area contributed by atoms with Gasteiger partial charge in [-0.15, -0.1) is 0 Å². The van der Waals surface area contributed by atoms with Crippen molar-refractivity contribution in [2.75, 3.05) is 17.2 Å². The molecule has 1 unspecified atom stereocenters. The van der Waals surface area contributed by atoms with Gasteiger partial charge in [0.25, 0.3) is 0 Å². The van der Waals surface area contributed by atoms with Crippen molar-refractivity contribution in [2.45, 2.75) is 11.7 Å². The van der Waals surface area contributed by atoms with Gasteiger partial charge in [0, 0.05) is 24.4 Å². The summed E-state index contributed by atoms with van der Waals surface area (Å²) in [7, 11) is 0. The molecule has 2 heterocycles. The van der Waals surface area contributed by atoms with Crippen LogP contribution in [0.15, 0.2) is 12.3 Å². The summed E-state index contributed by atoms with van der Waals surface area (Å²) in [4.78, 5) is 17.0. The van der Waals surface area contributed by atoms with Crippen LogP contribution >= 0.6 is 24.2 Å². The zero-order chi connectivity index (χ0) is 11.0. The molecule has 4 nitrogen and oxygen atoms in total. The van der Waals surface area contributed by atoms with Crippen molar-refractivity contribution in [3.63, 3.8) is 0 Å². The van der Waals surface area contributed by atoms with Crippen LogP contribution in [0.1, 0.15) is 6.42 Å². The number of nitrogens with two attached hydrogens (primary N) is 1. The maximum absolute atomic E-state index is 11.6. The van der Waals surface area contributed by atoms with Gasteiger partial charge in [-0.05, 0) is 6.07 Å². The van der Waals surface area contributed by atoms with Crippen molar-refractivity contribution in [2.24, 2.45) is 0 Å². The lowest BCUT2D eigenvalue weighted by atomic mass is 10.3. The Morgan fingerprint density at radius 1 is 1.67 bits per heavy atom. The first-order chi connectivity index (χ1) is 7.09. The lowest BCUT2D eigenvalue weighted by molar-refractivity contribution is -0.117. The van der Waals surface area contributed by atoms with Crippen LogP contribution in [0.4, 0.5) is 11.4 Å². The molecule has 2 N–H and O–H groups in total. The van der Waals surface area contributed by atoms with Gasteiger partial charge < -0.3 is 10.6 Å². The highest BCUT2D eigenvalue weighted by molar-refractivity contribution is 7.81. The summed E-state index contributed by atoms with van der Waals surface area (Å²) in [5, 5.41) is 0.284. The van der Waals surface area contributed by atoms with E-state index in [-0.39, 0.29) is 16.3 Å². The molecule has 2 rings (SSSR count). The van der Waals surface area contributed by atoms with E-state index in [4.69, 9.17) is 17.3 Å². The standard InChI is InChI=1S/C9H10ClN3OS/c10-9-8(11)6(1-2-12-9)13-4-5(15)3-7(13)14/h1-2,5,15H,3-4,11H2. The number of anilines is 2. The molecular formula is C9H10ClN3OS. The molecule has 0 saturated carbocycles. The Bertz CT molecular complexity index is 412. The molecule has 1 fully saturated rings. The number of pyridine rings is 1. The number of carbonyl (C=O) groups is 1. The summed E-state index contributed by atoms with van der Waals surface area (Å²) >= 11 is 10.1. The third kappa shape index (κ3) is 1.89. The molecule has 1 saturated heterocycles. The summed E-state index contributed by atoms with van der Waals surface area (Å²) in [6.45, 7) is 0.562. The number of nitrogen functional groups attached to an aromatic ring is 1. The zero-order valence-electron chi connectivity index (χ0n) is 7.85. The fourth-order valence-electron chi connectivity index (χ4n) is 1.60. The van der Waals surface area contributed by atoms with Crippen LogP contribution in [0.2, 0.25) is 5.15 Å². The number of rotatable bonds is 1. The van der Waals surface area contributed by atoms with Crippen molar-refractivity contribution in [3.05, 3.63) is 17.4 Å². The van der Waals surface area contributed by atoms with Gasteiger partial charge in [0.1, 0.15) is 0 Å². The highest BCUT2D eigenvalue weighted by atomic mass is 35.5. The van der Waals surface area contributed by atoms with Gasteiger partial charge in [0.05, 0.1) is 11.4 Å². The van der Waals surface area contributed by atoms with Crippen molar-refractivity contribution < 1.29 is 4.79 Å². The Hall–Kier alpha value is -0.940. The van der Waals surface area contributed by atoms with E-state index in [0.29, 0.717) is 24.3 Å². The molecule has 1 aromatic heterocycles. The fourth-order valence-corrected chi connectivity index (χ4v) is 2.07. The third-order valence-corrected chi connectivity index (χ3v) is 2.96. The maximum atomic E-state index is 11.6. The largest absolute Gasteiger partial charge is 0.395 e. The summed E-state index contributed by atoms with van der Waals surface area (Å²) < 4.78 is 0. The van der Waals surface area contributed by atoms with E-state index in [1.54, 1.807) is 11.0 Å². The van der Waals surface area contributed by atoms with Gasteiger partial charge in [0.15, 0.2) is 5.15 Å². The summed E-state index contributed by atoms with van der Waals surface area (Å²) in [6, 6.07) is 1.69. The minimum absolute atomic E-state index is 0.0176. The fraction of sp³-hybridized carbons (Fsp3) is 0.333. The predicted octanol–water partition coefficient (Wildman–Crippen LogP) is 1.35. The summed E-state index contributed by atoms with van der Waals surface area (Å²) in [5.74, 6) is 0.0176. The number of halogens is 1. The number of nitrogens with zero attached hydrogens (tertiary/aromatic N) is 2. The van der Waals surface area contributed by atoms with Crippen LogP contribution in [-0.2, 0) is 4.79 Å². The van der Waals surface area contributed by atoms with Gasteiger partial charge in [-0.1, -0.05) is 11.6 Å². The average molecular weight is 244 g/mol. The Morgan fingerprint density at radius 2 is 2.40 bits per heavy atom. The predicted molar refractivity (Wildman–Crippen MR) is 63.4 cm³/mol. The van der Waals surface area contributed by atoms with Crippen molar-refractivity contribution >= 4 is 41.5 Å². The normalized spacial score (nSPS) is 21.1. The van der Waals surface area contributed by atoms with Crippen LogP contribution in [-0.4, -0.2) is 22.7 Å². The molecule has 0 radical (unpaired) electrons. The van der Waals surface area contributed by atoms with E-state index in [1.807, 2.05) is 0 Å².